The molecule has 0 spiro atoms. The fourth-order valence-electron chi connectivity index (χ4n) is 2.74. The van der Waals surface area contributed by atoms with Gasteiger partial charge in [0.25, 0.3) is 11.8 Å². The van der Waals surface area contributed by atoms with Gasteiger partial charge in [-0.2, -0.15) is 0 Å². The zero-order valence-electron chi connectivity index (χ0n) is 15.2. The maximum atomic E-state index is 5.92. The highest BCUT2D eigenvalue weighted by molar-refractivity contribution is 6.30. The van der Waals surface area contributed by atoms with E-state index in [1.807, 2.05) is 0 Å². The Morgan fingerprint density at radius 3 is 1.33 bits per heavy atom. The summed E-state index contributed by atoms with van der Waals surface area (Å²) in [5, 5.41) is 17.6. The summed E-state index contributed by atoms with van der Waals surface area (Å²) in [4.78, 5) is 4.52. The Hall–Kier alpha value is -3.55. The number of pyridine rings is 1. The Balaban J connectivity index is 1.44. The summed E-state index contributed by atoms with van der Waals surface area (Å²) in [5.41, 5.74) is 2.51. The van der Waals surface area contributed by atoms with E-state index in [0.29, 0.717) is 33.2 Å². The molecule has 0 bridgehead atoms. The number of nitrogens with zero attached hydrogens (tertiary/aromatic N) is 5. The van der Waals surface area contributed by atoms with Gasteiger partial charge in [0, 0.05) is 21.2 Å². The van der Waals surface area contributed by atoms with Crippen LogP contribution in [0, 0.1) is 0 Å². The largest absolute Gasteiger partial charge is 0.415 e. The monoisotopic (exact) mass is 435 g/mol. The second kappa shape index (κ2) is 7.70. The van der Waals surface area contributed by atoms with E-state index in [-0.39, 0.29) is 11.8 Å². The van der Waals surface area contributed by atoms with Gasteiger partial charge in [-0.3, -0.25) is 0 Å². The lowest BCUT2D eigenvalue weighted by atomic mass is 10.2. The van der Waals surface area contributed by atoms with Crippen LogP contribution in [0.4, 0.5) is 0 Å². The molecule has 3 heterocycles. The number of hydrogen-bond donors (Lipinski definition) is 0. The molecule has 0 radical (unpaired) electrons. The molecule has 0 aliphatic rings. The summed E-state index contributed by atoms with van der Waals surface area (Å²) in [7, 11) is 0. The number of aromatic nitrogens is 5. The standard InChI is InChI=1S/C21H11Cl2N5O2/c22-14-8-4-12(5-9-14)18-25-27-20(29-18)16-2-1-3-17(24-16)21-28-26-19(30-21)13-6-10-15(23)11-7-13/h1-11H. The lowest BCUT2D eigenvalue weighted by Gasteiger charge is -1.98. The molecule has 5 aromatic rings. The predicted molar refractivity (Wildman–Crippen MR) is 112 cm³/mol. The van der Waals surface area contributed by atoms with Gasteiger partial charge in [-0.05, 0) is 60.7 Å². The van der Waals surface area contributed by atoms with Crippen molar-refractivity contribution in [3.05, 3.63) is 76.8 Å². The van der Waals surface area contributed by atoms with Gasteiger partial charge in [-0.25, -0.2) is 4.98 Å². The fraction of sp³-hybridized carbons (Fsp3) is 0. The molecule has 0 amide bonds. The maximum Gasteiger partial charge on any atom is 0.266 e. The minimum atomic E-state index is 0.277. The second-order valence-corrected chi connectivity index (χ2v) is 7.12. The molecular formula is C21H11Cl2N5O2. The van der Waals surface area contributed by atoms with Crippen molar-refractivity contribution in [3.8, 4) is 46.1 Å². The van der Waals surface area contributed by atoms with Crippen molar-refractivity contribution in [2.75, 3.05) is 0 Å². The van der Waals surface area contributed by atoms with E-state index < -0.39 is 0 Å². The Kier molecular flexibility index (Phi) is 4.74. The van der Waals surface area contributed by atoms with Gasteiger partial charge in [0.1, 0.15) is 11.4 Å². The minimum absolute atomic E-state index is 0.277. The quantitative estimate of drug-likeness (QED) is 0.350. The van der Waals surface area contributed by atoms with Crippen molar-refractivity contribution in [3.63, 3.8) is 0 Å². The van der Waals surface area contributed by atoms with Crippen LogP contribution in [0.1, 0.15) is 0 Å². The summed E-state index contributed by atoms with van der Waals surface area (Å²) >= 11 is 11.8. The summed E-state index contributed by atoms with van der Waals surface area (Å²) in [6, 6.07) is 19.6. The van der Waals surface area contributed by atoms with Crippen molar-refractivity contribution >= 4 is 23.2 Å². The van der Waals surface area contributed by atoms with E-state index in [2.05, 4.69) is 25.4 Å². The molecular weight excluding hydrogens is 425 g/mol. The Morgan fingerprint density at radius 2 is 0.900 bits per heavy atom. The highest BCUT2D eigenvalue weighted by Crippen LogP contribution is 2.27. The average molecular weight is 436 g/mol. The Bertz CT molecular complexity index is 1220. The summed E-state index contributed by atoms with van der Waals surface area (Å²) in [5.74, 6) is 1.30. The molecule has 0 atom stereocenters. The minimum Gasteiger partial charge on any atom is -0.415 e. The van der Waals surface area contributed by atoms with Crippen LogP contribution in [-0.2, 0) is 0 Å². The van der Waals surface area contributed by atoms with E-state index in [9.17, 15) is 0 Å². The topological polar surface area (TPSA) is 90.7 Å². The lowest BCUT2D eigenvalue weighted by Crippen LogP contribution is -1.88. The Morgan fingerprint density at radius 1 is 0.500 bits per heavy atom. The van der Waals surface area contributed by atoms with E-state index in [4.69, 9.17) is 32.0 Å². The number of hydrogen-bond acceptors (Lipinski definition) is 7. The highest BCUT2D eigenvalue weighted by Gasteiger charge is 2.16. The number of rotatable bonds is 4. The SMILES string of the molecule is Clc1ccc(-c2nnc(-c3cccc(-c4nnc(-c5ccc(Cl)cc5)o4)n3)o2)cc1. The molecule has 30 heavy (non-hydrogen) atoms. The molecule has 5 rings (SSSR count). The van der Waals surface area contributed by atoms with Gasteiger partial charge in [0.05, 0.1) is 0 Å². The first-order valence-corrected chi connectivity index (χ1v) is 9.58. The van der Waals surface area contributed by atoms with Crippen molar-refractivity contribution in [2.24, 2.45) is 0 Å². The van der Waals surface area contributed by atoms with Crippen molar-refractivity contribution < 1.29 is 8.83 Å². The van der Waals surface area contributed by atoms with Crippen LogP contribution < -0.4 is 0 Å². The average Bonchev–Trinajstić information content (AvgIpc) is 3.45. The first-order valence-electron chi connectivity index (χ1n) is 8.82. The molecule has 0 aliphatic heterocycles. The van der Waals surface area contributed by atoms with E-state index >= 15 is 0 Å². The van der Waals surface area contributed by atoms with Gasteiger partial charge in [-0.1, -0.05) is 29.3 Å². The maximum absolute atomic E-state index is 5.92. The normalized spacial score (nSPS) is 11.0. The predicted octanol–water partition coefficient (Wildman–Crippen LogP) is 5.82. The molecule has 9 heteroatoms. The van der Waals surface area contributed by atoms with E-state index in [1.54, 1.807) is 66.7 Å². The summed E-state index contributed by atoms with van der Waals surface area (Å²) < 4.78 is 11.5. The molecule has 0 unspecified atom stereocenters. The third-order valence-electron chi connectivity index (χ3n) is 4.22. The molecule has 7 nitrogen and oxygen atoms in total. The van der Waals surface area contributed by atoms with Crippen LogP contribution in [0.2, 0.25) is 10.0 Å². The highest BCUT2D eigenvalue weighted by atomic mass is 35.5. The summed E-state index contributed by atoms with van der Waals surface area (Å²) in [6.07, 6.45) is 0. The van der Waals surface area contributed by atoms with Crippen molar-refractivity contribution in [2.45, 2.75) is 0 Å². The van der Waals surface area contributed by atoms with Gasteiger partial charge in [0.15, 0.2) is 0 Å². The number of benzene rings is 2. The van der Waals surface area contributed by atoms with Gasteiger partial charge in [-0.15, -0.1) is 20.4 Å². The summed E-state index contributed by atoms with van der Waals surface area (Å²) in [6.45, 7) is 0. The molecule has 0 fully saturated rings. The van der Waals surface area contributed by atoms with Crippen LogP contribution >= 0.6 is 23.2 Å². The van der Waals surface area contributed by atoms with Crippen LogP contribution in [0.25, 0.3) is 46.1 Å². The van der Waals surface area contributed by atoms with E-state index in [0.717, 1.165) is 11.1 Å². The second-order valence-electron chi connectivity index (χ2n) is 6.25. The molecule has 0 N–H and O–H groups in total. The van der Waals surface area contributed by atoms with Crippen LogP contribution in [-0.4, -0.2) is 25.4 Å². The molecule has 0 saturated carbocycles. The molecule has 2 aromatic carbocycles. The van der Waals surface area contributed by atoms with Crippen molar-refractivity contribution in [1.82, 2.24) is 25.4 Å². The Labute approximate surface area is 180 Å². The third kappa shape index (κ3) is 3.68. The van der Waals surface area contributed by atoms with Crippen molar-refractivity contribution in [1.29, 1.82) is 0 Å². The third-order valence-corrected chi connectivity index (χ3v) is 4.72. The molecule has 0 aliphatic carbocycles. The van der Waals surface area contributed by atoms with Crippen LogP contribution in [0.5, 0.6) is 0 Å². The smallest absolute Gasteiger partial charge is 0.266 e. The fourth-order valence-corrected chi connectivity index (χ4v) is 3.00. The zero-order valence-corrected chi connectivity index (χ0v) is 16.7. The molecule has 3 aromatic heterocycles. The zero-order chi connectivity index (χ0) is 20.5. The van der Waals surface area contributed by atoms with E-state index in [1.165, 1.54) is 0 Å². The molecule has 146 valence electrons. The van der Waals surface area contributed by atoms with Crippen LogP contribution in [0.3, 0.4) is 0 Å². The van der Waals surface area contributed by atoms with Gasteiger partial charge in [0.2, 0.25) is 11.8 Å². The van der Waals surface area contributed by atoms with Crippen LogP contribution in [0.15, 0.2) is 75.6 Å². The molecule has 0 saturated heterocycles. The lowest BCUT2D eigenvalue weighted by molar-refractivity contribution is 0.578. The first kappa shape index (κ1) is 18.5. The first-order chi connectivity index (χ1) is 14.7. The van der Waals surface area contributed by atoms with Gasteiger partial charge < -0.3 is 8.83 Å². The number of halogens is 2. The van der Waals surface area contributed by atoms with Gasteiger partial charge >= 0.3 is 0 Å².